The predicted molar refractivity (Wildman–Crippen MR) is 92.1 cm³/mol. The largest absolute Gasteiger partial charge is 0.444 e. The number of nitrogens with zero attached hydrogens (tertiary/aromatic N) is 1. The predicted octanol–water partition coefficient (Wildman–Crippen LogP) is 2.49. The van der Waals surface area contributed by atoms with E-state index in [1.165, 1.54) is 0 Å². The van der Waals surface area contributed by atoms with E-state index >= 15 is 0 Å². The topological polar surface area (TPSA) is 75.7 Å². The fraction of sp³-hybridized carbons (Fsp3) is 0.941. The van der Waals surface area contributed by atoms with Crippen LogP contribution in [0, 0.1) is 11.8 Å². The molecule has 3 aliphatic rings. The van der Waals surface area contributed by atoms with Crippen molar-refractivity contribution >= 4 is 16.1 Å². The van der Waals surface area contributed by atoms with E-state index in [0.29, 0.717) is 24.1 Å². The molecule has 0 aromatic carbocycles. The highest BCUT2D eigenvalue weighted by atomic mass is 32.2. The van der Waals surface area contributed by atoms with Gasteiger partial charge in [-0.2, -0.15) is 4.31 Å². The molecule has 2 unspecified atom stereocenters. The Kier molecular flexibility index (Phi) is 4.86. The maximum Gasteiger partial charge on any atom is 0.407 e. The van der Waals surface area contributed by atoms with Crippen molar-refractivity contribution < 1.29 is 17.9 Å². The van der Waals surface area contributed by atoms with Gasteiger partial charge in [0.25, 0.3) is 0 Å². The minimum absolute atomic E-state index is 0.148. The van der Waals surface area contributed by atoms with Crippen LogP contribution in [0.4, 0.5) is 4.79 Å². The van der Waals surface area contributed by atoms with Gasteiger partial charge in [0, 0.05) is 18.6 Å². The zero-order valence-electron chi connectivity index (χ0n) is 15.0. The van der Waals surface area contributed by atoms with Crippen LogP contribution in [0.15, 0.2) is 0 Å². The second-order valence-corrected chi connectivity index (χ2v) is 10.6. The summed E-state index contributed by atoms with van der Waals surface area (Å²) in [5.74, 6) is 1.42. The van der Waals surface area contributed by atoms with Crippen LogP contribution in [-0.4, -0.2) is 48.8 Å². The van der Waals surface area contributed by atoms with E-state index in [0.717, 1.165) is 38.5 Å². The molecule has 138 valence electrons. The van der Waals surface area contributed by atoms with Crippen LogP contribution >= 0.6 is 0 Å². The highest BCUT2D eigenvalue weighted by Crippen LogP contribution is 2.45. The van der Waals surface area contributed by atoms with Crippen LogP contribution in [-0.2, 0) is 14.8 Å². The Morgan fingerprint density at radius 3 is 2.46 bits per heavy atom. The van der Waals surface area contributed by atoms with Crippen LogP contribution < -0.4 is 5.32 Å². The smallest absolute Gasteiger partial charge is 0.407 e. The first-order chi connectivity index (χ1) is 11.1. The van der Waals surface area contributed by atoms with Crippen molar-refractivity contribution in [1.29, 1.82) is 0 Å². The number of amides is 1. The summed E-state index contributed by atoms with van der Waals surface area (Å²) in [6.45, 7) is 6.27. The third kappa shape index (κ3) is 4.04. The molecule has 7 heteroatoms. The molecule has 1 aliphatic heterocycles. The molecule has 2 saturated carbocycles. The minimum atomic E-state index is -3.02. The normalized spacial score (nSPS) is 36.3. The Labute approximate surface area is 145 Å². The molecule has 3 fully saturated rings. The number of hydrogen-bond acceptors (Lipinski definition) is 4. The summed E-state index contributed by atoms with van der Waals surface area (Å²) in [6.07, 6.45) is 5.31. The average Bonchev–Trinajstić information content (AvgIpc) is 2.98. The molecule has 3 rings (SSSR count). The Morgan fingerprint density at radius 2 is 1.83 bits per heavy atom. The van der Waals surface area contributed by atoms with Gasteiger partial charge in [-0.15, -0.1) is 0 Å². The van der Waals surface area contributed by atoms with E-state index < -0.39 is 15.6 Å². The Bertz CT molecular complexity index is 584. The van der Waals surface area contributed by atoms with E-state index in [9.17, 15) is 13.2 Å². The van der Waals surface area contributed by atoms with E-state index in [2.05, 4.69) is 5.32 Å². The fourth-order valence-corrected chi connectivity index (χ4v) is 6.39. The third-order valence-electron chi connectivity index (χ3n) is 5.56. The van der Waals surface area contributed by atoms with Crippen LogP contribution in [0.2, 0.25) is 0 Å². The van der Waals surface area contributed by atoms with Gasteiger partial charge >= 0.3 is 6.09 Å². The van der Waals surface area contributed by atoms with Crippen LogP contribution in [0.3, 0.4) is 0 Å². The zero-order valence-corrected chi connectivity index (χ0v) is 15.8. The van der Waals surface area contributed by atoms with E-state index in [1.54, 1.807) is 4.31 Å². The Balaban J connectivity index is 1.54. The monoisotopic (exact) mass is 358 g/mol. The highest BCUT2D eigenvalue weighted by molar-refractivity contribution is 7.89. The standard InChI is InChI=1S/C17H30N2O4S/c1-17(2,3)23-16(20)18-14-6-5-12-10-15(11-13(12)9-14)19-7-4-8-24(19,21)22/h12-15H,4-11H2,1-3H3,(H,18,20)/t12?,13-,14?,15+/m0/s1. The van der Waals surface area contributed by atoms with Crippen molar-refractivity contribution in [2.75, 3.05) is 12.3 Å². The number of carbonyl (C=O) groups excluding carboxylic acids is 1. The lowest BCUT2D eigenvalue weighted by atomic mass is 9.79. The summed E-state index contributed by atoms with van der Waals surface area (Å²) in [6, 6.07) is 0.322. The summed E-state index contributed by atoms with van der Waals surface area (Å²) in [7, 11) is -3.02. The van der Waals surface area contributed by atoms with Gasteiger partial charge in [0.05, 0.1) is 5.75 Å². The molecule has 1 heterocycles. The number of sulfonamides is 1. The quantitative estimate of drug-likeness (QED) is 0.823. The molecule has 24 heavy (non-hydrogen) atoms. The highest BCUT2D eigenvalue weighted by Gasteiger charge is 2.45. The van der Waals surface area contributed by atoms with Gasteiger partial charge in [-0.1, -0.05) is 0 Å². The molecule has 0 spiro atoms. The first-order valence-corrected chi connectivity index (χ1v) is 10.7. The van der Waals surface area contributed by atoms with Crippen molar-refractivity contribution in [2.45, 2.75) is 77.0 Å². The molecular weight excluding hydrogens is 328 g/mol. The van der Waals surface area contributed by atoms with Crippen molar-refractivity contribution in [3.8, 4) is 0 Å². The van der Waals surface area contributed by atoms with Gasteiger partial charge in [-0.3, -0.25) is 0 Å². The summed E-state index contributed by atoms with van der Waals surface area (Å²) >= 11 is 0. The lowest BCUT2D eigenvalue weighted by Crippen LogP contribution is -2.42. The van der Waals surface area contributed by atoms with Gasteiger partial charge < -0.3 is 10.1 Å². The molecule has 1 saturated heterocycles. The van der Waals surface area contributed by atoms with Crippen LogP contribution in [0.25, 0.3) is 0 Å². The lowest BCUT2D eigenvalue weighted by molar-refractivity contribution is 0.0476. The van der Waals surface area contributed by atoms with Crippen LogP contribution in [0.5, 0.6) is 0 Å². The first kappa shape index (κ1) is 18.0. The molecule has 0 aromatic heterocycles. The SMILES string of the molecule is CC(C)(C)OC(=O)NC1CCC2C[C@@H](N3CCCS3(=O)=O)C[C@@H]2C1. The zero-order chi connectivity index (χ0) is 17.5. The molecule has 0 bridgehead atoms. The van der Waals surface area contributed by atoms with Crippen molar-refractivity contribution in [1.82, 2.24) is 9.62 Å². The van der Waals surface area contributed by atoms with Crippen molar-refractivity contribution in [3.05, 3.63) is 0 Å². The minimum Gasteiger partial charge on any atom is -0.444 e. The molecule has 2 aliphatic carbocycles. The maximum absolute atomic E-state index is 12.1. The van der Waals surface area contributed by atoms with Crippen LogP contribution in [0.1, 0.15) is 59.3 Å². The average molecular weight is 359 g/mol. The summed E-state index contributed by atoms with van der Waals surface area (Å²) in [5, 5.41) is 3.00. The fourth-order valence-electron chi connectivity index (χ4n) is 4.63. The number of ether oxygens (including phenoxy) is 1. The molecule has 0 radical (unpaired) electrons. The van der Waals surface area contributed by atoms with Gasteiger partial charge in [0.1, 0.15) is 5.60 Å². The van der Waals surface area contributed by atoms with Gasteiger partial charge in [0.15, 0.2) is 0 Å². The summed E-state index contributed by atoms with van der Waals surface area (Å²) in [4.78, 5) is 12.0. The maximum atomic E-state index is 12.1. The molecule has 6 nitrogen and oxygen atoms in total. The molecule has 1 N–H and O–H groups in total. The van der Waals surface area contributed by atoms with Gasteiger partial charge in [0.2, 0.25) is 10.0 Å². The number of nitrogens with one attached hydrogen (secondary N) is 1. The van der Waals surface area contributed by atoms with E-state index in [4.69, 9.17) is 4.74 Å². The molecule has 4 atom stereocenters. The van der Waals surface area contributed by atoms with Gasteiger partial charge in [-0.25, -0.2) is 13.2 Å². The second-order valence-electron chi connectivity index (χ2n) is 8.58. The Hall–Kier alpha value is -0.820. The Morgan fingerprint density at radius 1 is 1.12 bits per heavy atom. The van der Waals surface area contributed by atoms with Crippen molar-refractivity contribution in [3.63, 3.8) is 0 Å². The van der Waals surface area contributed by atoms with E-state index in [1.807, 2.05) is 20.8 Å². The number of fused-ring (bicyclic) bond motifs is 1. The number of carbonyl (C=O) groups is 1. The number of alkyl carbamates (subject to hydrolysis) is 1. The van der Waals surface area contributed by atoms with Gasteiger partial charge in [-0.05, 0) is 71.1 Å². The third-order valence-corrected chi connectivity index (χ3v) is 7.56. The summed E-state index contributed by atoms with van der Waals surface area (Å²) < 4.78 is 31.4. The summed E-state index contributed by atoms with van der Waals surface area (Å²) in [5.41, 5.74) is -0.482. The lowest BCUT2D eigenvalue weighted by Gasteiger charge is -2.32. The molecule has 0 aromatic rings. The number of hydrogen-bond donors (Lipinski definition) is 1. The molecular formula is C17H30N2O4S. The second kappa shape index (κ2) is 6.48. The number of rotatable bonds is 2. The molecule has 1 amide bonds. The first-order valence-electron chi connectivity index (χ1n) is 9.13. The van der Waals surface area contributed by atoms with E-state index in [-0.39, 0.29) is 18.2 Å². The van der Waals surface area contributed by atoms with Crippen molar-refractivity contribution in [2.24, 2.45) is 11.8 Å².